The molecule has 0 spiro atoms. The SMILES string of the molecule is C[C@@H](CC(=O)O)NOC(=O)c1ccccc1. The molecule has 16 heavy (non-hydrogen) atoms. The Hall–Kier alpha value is -1.88. The molecule has 5 nitrogen and oxygen atoms in total. The summed E-state index contributed by atoms with van der Waals surface area (Å²) < 4.78 is 0. The van der Waals surface area contributed by atoms with Crippen molar-refractivity contribution in [3.63, 3.8) is 0 Å². The molecule has 0 radical (unpaired) electrons. The molecule has 0 aromatic heterocycles. The number of hydrogen-bond acceptors (Lipinski definition) is 4. The largest absolute Gasteiger partial charge is 0.481 e. The number of carboxylic acid groups (broad SMARTS) is 1. The smallest absolute Gasteiger partial charge is 0.356 e. The van der Waals surface area contributed by atoms with Gasteiger partial charge in [-0.1, -0.05) is 18.2 Å². The molecule has 0 unspecified atom stereocenters. The fourth-order valence-corrected chi connectivity index (χ4v) is 1.09. The number of aliphatic carboxylic acids is 1. The lowest BCUT2D eigenvalue weighted by molar-refractivity contribution is -0.138. The van der Waals surface area contributed by atoms with E-state index in [1.807, 2.05) is 0 Å². The number of nitrogens with one attached hydrogen (secondary N) is 1. The van der Waals surface area contributed by atoms with Crippen LogP contribution in [0.15, 0.2) is 30.3 Å². The van der Waals surface area contributed by atoms with Crippen molar-refractivity contribution in [1.29, 1.82) is 0 Å². The van der Waals surface area contributed by atoms with Crippen molar-refractivity contribution in [1.82, 2.24) is 5.48 Å². The van der Waals surface area contributed by atoms with Crippen LogP contribution in [0.5, 0.6) is 0 Å². The average Bonchev–Trinajstić information content (AvgIpc) is 2.26. The van der Waals surface area contributed by atoms with Crippen LogP contribution < -0.4 is 5.48 Å². The first-order valence-electron chi connectivity index (χ1n) is 4.83. The molecule has 0 heterocycles. The van der Waals surface area contributed by atoms with E-state index in [4.69, 9.17) is 9.94 Å². The average molecular weight is 223 g/mol. The minimum Gasteiger partial charge on any atom is -0.481 e. The van der Waals surface area contributed by atoms with Gasteiger partial charge in [-0.05, 0) is 19.1 Å². The molecule has 0 aliphatic heterocycles. The van der Waals surface area contributed by atoms with E-state index in [1.54, 1.807) is 37.3 Å². The van der Waals surface area contributed by atoms with E-state index in [0.717, 1.165) is 0 Å². The normalized spacial score (nSPS) is 11.8. The van der Waals surface area contributed by atoms with Crippen LogP contribution in [0.2, 0.25) is 0 Å². The highest BCUT2D eigenvalue weighted by atomic mass is 16.7. The Morgan fingerprint density at radius 2 is 2.00 bits per heavy atom. The van der Waals surface area contributed by atoms with E-state index in [0.29, 0.717) is 5.56 Å². The number of carboxylic acids is 1. The van der Waals surface area contributed by atoms with E-state index < -0.39 is 18.0 Å². The molecule has 2 N–H and O–H groups in total. The number of rotatable bonds is 5. The second kappa shape index (κ2) is 5.87. The van der Waals surface area contributed by atoms with Gasteiger partial charge in [0.1, 0.15) is 0 Å². The summed E-state index contributed by atoms with van der Waals surface area (Å²) in [5, 5.41) is 8.49. The van der Waals surface area contributed by atoms with Crippen LogP contribution >= 0.6 is 0 Å². The molecule has 1 atom stereocenters. The van der Waals surface area contributed by atoms with Gasteiger partial charge >= 0.3 is 11.9 Å². The first-order chi connectivity index (χ1) is 7.59. The standard InChI is InChI=1S/C11H13NO4/c1-8(7-10(13)14)12-16-11(15)9-5-3-2-4-6-9/h2-6,8,12H,7H2,1H3,(H,13,14)/t8-/m0/s1. The zero-order valence-electron chi connectivity index (χ0n) is 8.84. The summed E-state index contributed by atoms with van der Waals surface area (Å²) in [6.07, 6.45) is -0.109. The molecule has 1 aromatic carbocycles. The van der Waals surface area contributed by atoms with Gasteiger partial charge in [-0.15, -0.1) is 5.48 Å². The minimum absolute atomic E-state index is 0.109. The molecule has 0 saturated heterocycles. The van der Waals surface area contributed by atoms with Crippen LogP contribution in [0.25, 0.3) is 0 Å². The van der Waals surface area contributed by atoms with Gasteiger partial charge in [0.2, 0.25) is 0 Å². The maximum atomic E-state index is 11.4. The summed E-state index contributed by atoms with van der Waals surface area (Å²) in [6, 6.07) is 8.04. The molecule has 0 aliphatic carbocycles. The molecule has 5 heteroatoms. The second-order valence-corrected chi connectivity index (χ2v) is 3.37. The second-order valence-electron chi connectivity index (χ2n) is 3.37. The summed E-state index contributed by atoms with van der Waals surface area (Å²) in [4.78, 5) is 26.5. The number of carbonyl (C=O) groups is 2. The molecule has 0 bridgehead atoms. The van der Waals surface area contributed by atoms with Crippen molar-refractivity contribution in [2.45, 2.75) is 19.4 Å². The van der Waals surface area contributed by atoms with E-state index >= 15 is 0 Å². The van der Waals surface area contributed by atoms with Crippen LogP contribution in [0.4, 0.5) is 0 Å². The molecule has 0 saturated carbocycles. The van der Waals surface area contributed by atoms with Crippen LogP contribution in [0.1, 0.15) is 23.7 Å². The van der Waals surface area contributed by atoms with Crippen LogP contribution in [0, 0.1) is 0 Å². The predicted molar refractivity (Wildman–Crippen MR) is 56.7 cm³/mol. The quantitative estimate of drug-likeness (QED) is 0.734. The topological polar surface area (TPSA) is 75.6 Å². The summed E-state index contributed by atoms with van der Waals surface area (Å²) in [7, 11) is 0. The van der Waals surface area contributed by atoms with Gasteiger partial charge in [0.25, 0.3) is 0 Å². The number of benzene rings is 1. The van der Waals surface area contributed by atoms with E-state index in [1.165, 1.54) is 0 Å². The van der Waals surface area contributed by atoms with Gasteiger partial charge in [-0.2, -0.15) is 0 Å². The molecular weight excluding hydrogens is 210 g/mol. The van der Waals surface area contributed by atoms with Crippen molar-refractivity contribution < 1.29 is 19.5 Å². The van der Waals surface area contributed by atoms with Gasteiger partial charge < -0.3 is 9.94 Å². The minimum atomic E-state index is -0.948. The monoisotopic (exact) mass is 223 g/mol. The lowest BCUT2D eigenvalue weighted by Crippen LogP contribution is -2.31. The summed E-state index contributed by atoms with van der Waals surface area (Å²) >= 11 is 0. The van der Waals surface area contributed by atoms with E-state index in [-0.39, 0.29) is 6.42 Å². The van der Waals surface area contributed by atoms with E-state index in [2.05, 4.69) is 5.48 Å². The third kappa shape index (κ3) is 4.10. The lowest BCUT2D eigenvalue weighted by atomic mass is 10.2. The van der Waals surface area contributed by atoms with Gasteiger partial charge in [-0.25, -0.2) is 4.79 Å². The molecular formula is C11H13NO4. The van der Waals surface area contributed by atoms with Crippen LogP contribution in [0.3, 0.4) is 0 Å². The maximum absolute atomic E-state index is 11.4. The van der Waals surface area contributed by atoms with Crippen molar-refractivity contribution in [2.75, 3.05) is 0 Å². The van der Waals surface area contributed by atoms with Crippen LogP contribution in [-0.4, -0.2) is 23.1 Å². The lowest BCUT2D eigenvalue weighted by Gasteiger charge is -2.10. The Morgan fingerprint density at radius 3 is 2.56 bits per heavy atom. The molecule has 86 valence electrons. The van der Waals surface area contributed by atoms with Crippen molar-refractivity contribution in [3.05, 3.63) is 35.9 Å². The highest BCUT2D eigenvalue weighted by molar-refractivity contribution is 5.89. The highest BCUT2D eigenvalue weighted by Crippen LogP contribution is 2.00. The zero-order valence-corrected chi connectivity index (χ0v) is 8.84. The van der Waals surface area contributed by atoms with Crippen molar-refractivity contribution in [2.24, 2.45) is 0 Å². The predicted octanol–water partition coefficient (Wildman–Crippen LogP) is 1.21. The molecule has 1 aromatic rings. The highest BCUT2D eigenvalue weighted by Gasteiger charge is 2.11. The zero-order chi connectivity index (χ0) is 12.0. The van der Waals surface area contributed by atoms with Crippen molar-refractivity contribution in [3.8, 4) is 0 Å². The Labute approximate surface area is 93.0 Å². The van der Waals surface area contributed by atoms with Gasteiger partial charge in [0, 0.05) is 0 Å². The van der Waals surface area contributed by atoms with Crippen LogP contribution in [-0.2, 0) is 9.63 Å². The first kappa shape index (κ1) is 12.2. The Kier molecular flexibility index (Phi) is 4.47. The summed E-state index contributed by atoms with van der Waals surface area (Å²) in [5.41, 5.74) is 2.80. The molecule has 1 rings (SSSR count). The summed E-state index contributed by atoms with van der Waals surface area (Å²) in [5.74, 6) is -1.48. The van der Waals surface area contributed by atoms with Gasteiger partial charge in [0.05, 0.1) is 18.0 Å². The number of carbonyl (C=O) groups excluding carboxylic acids is 1. The summed E-state index contributed by atoms with van der Waals surface area (Å²) in [6.45, 7) is 1.62. The first-order valence-corrected chi connectivity index (χ1v) is 4.83. The van der Waals surface area contributed by atoms with Crippen molar-refractivity contribution >= 4 is 11.9 Å². The number of hydrogen-bond donors (Lipinski definition) is 2. The maximum Gasteiger partial charge on any atom is 0.356 e. The van der Waals surface area contributed by atoms with Gasteiger partial charge in [0.15, 0.2) is 0 Å². The Balaban J connectivity index is 2.39. The fraction of sp³-hybridized carbons (Fsp3) is 0.273. The van der Waals surface area contributed by atoms with E-state index in [9.17, 15) is 9.59 Å². The Morgan fingerprint density at radius 1 is 1.38 bits per heavy atom. The van der Waals surface area contributed by atoms with Gasteiger partial charge in [-0.3, -0.25) is 4.79 Å². The third-order valence-electron chi connectivity index (χ3n) is 1.84. The Bertz CT molecular complexity index is 364. The molecule has 0 fully saturated rings. The third-order valence-corrected chi connectivity index (χ3v) is 1.84. The number of hydroxylamine groups is 1. The molecule has 0 amide bonds. The molecule has 0 aliphatic rings. The fourth-order valence-electron chi connectivity index (χ4n) is 1.09.